The van der Waals surface area contributed by atoms with Gasteiger partial charge in [0.2, 0.25) is 0 Å². The van der Waals surface area contributed by atoms with Crippen molar-refractivity contribution in [2.75, 3.05) is 0 Å². The smallest absolute Gasteiger partial charge is 0.137 e. The number of nitrogens with zero attached hydrogens (tertiary/aromatic N) is 5. The maximum absolute atomic E-state index is 14.8. The van der Waals surface area contributed by atoms with E-state index in [2.05, 4.69) is 31.1 Å². The van der Waals surface area contributed by atoms with E-state index in [1.807, 2.05) is 25.1 Å². The second-order valence-corrected chi connectivity index (χ2v) is 8.14. The number of hydrogen-bond donors (Lipinski definition) is 1. The number of aryl methyl sites for hydroxylation is 1. The first kappa shape index (κ1) is 20.6. The molecule has 0 unspecified atom stereocenters. The SMILES string of the molecule is CCc1c2cc(Br)ccc2nn1[C@H](C)[C@](O)(Cn1cncn1)c1ccc(F)cc1F. The van der Waals surface area contributed by atoms with Gasteiger partial charge in [0.05, 0.1) is 18.1 Å². The van der Waals surface area contributed by atoms with Gasteiger partial charge in [-0.05, 0) is 37.6 Å². The molecule has 156 valence electrons. The fraction of sp³-hybridized carbons (Fsp3) is 0.286. The number of aliphatic hydroxyl groups is 1. The molecule has 2 aromatic heterocycles. The summed E-state index contributed by atoms with van der Waals surface area (Å²) in [7, 11) is 0. The van der Waals surface area contributed by atoms with Crippen LogP contribution in [0.2, 0.25) is 0 Å². The Balaban J connectivity index is 1.90. The van der Waals surface area contributed by atoms with Crippen molar-refractivity contribution in [2.45, 2.75) is 38.5 Å². The molecule has 2 heterocycles. The molecule has 0 spiro atoms. The van der Waals surface area contributed by atoms with E-state index >= 15 is 0 Å². The molecule has 4 rings (SSSR count). The Morgan fingerprint density at radius 2 is 2.00 bits per heavy atom. The third-order valence-corrected chi connectivity index (χ3v) is 5.91. The van der Waals surface area contributed by atoms with Crippen LogP contribution in [0.3, 0.4) is 0 Å². The number of rotatable bonds is 6. The van der Waals surface area contributed by atoms with Gasteiger partial charge in [-0.25, -0.2) is 18.4 Å². The first-order valence-electron chi connectivity index (χ1n) is 9.50. The van der Waals surface area contributed by atoms with Crippen LogP contribution in [0, 0.1) is 11.6 Å². The van der Waals surface area contributed by atoms with Gasteiger partial charge in [-0.1, -0.05) is 28.9 Å². The lowest BCUT2D eigenvalue weighted by Gasteiger charge is -2.35. The summed E-state index contributed by atoms with van der Waals surface area (Å²) in [5, 5.41) is 21.5. The lowest BCUT2D eigenvalue weighted by Crippen LogP contribution is -2.41. The number of hydrogen-bond acceptors (Lipinski definition) is 4. The van der Waals surface area contributed by atoms with Crippen LogP contribution in [0.15, 0.2) is 53.5 Å². The van der Waals surface area contributed by atoms with Gasteiger partial charge in [0.25, 0.3) is 0 Å². The minimum atomic E-state index is -1.77. The van der Waals surface area contributed by atoms with Crippen LogP contribution in [0.4, 0.5) is 8.78 Å². The molecular formula is C21H20BrF2N5O. The Morgan fingerprint density at radius 1 is 1.20 bits per heavy atom. The van der Waals surface area contributed by atoms with Crippen LogP contribution in [-0.2, 0) is 18.6 Å². The molecule has 6 nitrogen and oxygen atoms in total. The Morgan fingerprint density at radius 3 is 2.67 bits per heavy atom. The van der Waals surface area contributed by atoms with Gasteiger partial charge < -0.3 is 5.11 Å². The van der Waals surface area contributed by atoms with Gasteiger partial charge in [-0.2, -0.15) is 10.2 Å². The Hall–Kier alpha value is -2.65. The molecule has 0 saturated heterocycles. The molecule has 2 aromatic carbocycles. The van der Waals surface area contributed by atoms with Crippen molar-refractivity contribution in [1.82, 2.24) is 24.5 Å². The van der Waals surface area contributed by atoms with Crippen molar-refractivity contribution in [3.8, 4) is 0 Å². The second-order valence-electron chi connectivity index (χ2n) is 7.22. The average molecular weight is 476 g/mol. The standard InChI is InChI=1S/C21H20BrF2N5O/c1-3-20-16-8-14(22)4-7-19(16)27-29(20)13(2)21(30,10-28-12-25-11-26-28)17-6-5-15(23)9-18(17)24/h4-9,11-13,30H,3,10H2,1-2H3/t13-,21-/m1/s1. The molecule has 0 amide bonds. The molecule has 0 aliphatic carbocycles. The minimum Gasteiger partial charge on any atom is -0.381 e. The van der Waals surface area contributed by atoms with Gasteiger partial charge in [-0.3, -0.25) is 4.68 Å². The summed E-state index contributed by atoms with van der Waals surface area (Å²) in [4.78, 5) is 3.91. The van der Waals surface area contributed by atoms with Gasteiger partial charge in [0, 0.05) is 27.2 Å². The molecule has 1 N–H and O–H groups in total. The van der Waals surface area contributed by atoms with Crippen molar-refractivity contribution < 1.29 is 13.9 Å². The molecule has 4 aromatic rings. The fourth-order valence-electron chi connectivity index (χ4n) is 3.85. The maximum Gasteiger partial charge on any atom is 0.137 e. The third-order valence-electron chi connectivity index (χ3n) is 5.42. The van der Waals surface area contributed by atoms with Gasteiger partial charge in [0.15, 0.2) is 0 Å². The average Bonchev–Trinajstić information content (AvgIpc) is 3.33. The number of halogens is 3. The van der Waals surface area contributed by atoms with Crippen molar-refractivity contribution in [3.05, 3.63) is 76.4 Å². The van der Waals surface area contributed by atoms with Crippen LogP contribution >= 0.6 is 15.9 Å². The van der Waals surface area contributed by atoms with Crippen molar-refractivity contribution in [2.24, 2.45) is 0 Å². The first-order chi connectivity index (χ1) is 14.3. The zero-order valence-electron chi connectivity index (χ0n) is 16.4. The lowest BCUT2D eigenvalue weighted by atomic mass is 9.86. The fourth-order valence-corrected chi connectivity index (χ4v) is 4.21. The highest BCUT2D eigenvalue weighted by molar-refractivity contribution is 9.10. The quantitative estimate of drug-likeness (QED) is 0.449. The maximum atomic E-state index is 14.8. The lowest BCUT2D eigenvalue weighted by molar-refractivity contribution is -0.0374. The van der Waals surface area contributed by atoms with Crippen molar-refractivity contribution >= 4 is 26.8 Å². The highest BCUT2D eigenvalue weighted by atomic mass is 79.9. The highest BCUT2D eigenvalue weighted by Gasteiger charge is 2.41. The summed E-state index contributed by atoms with van der Waals surface area (Å²) in [5.74, 6) is -1.54. The van der Waals surface area contributed by atoms with E-state index in [9.17, 15) is 13.9 Å². The van der Waals surface area contributed by atoms with Crippen molar-refractivity contribution in [1.29, 1.82) is 0 Å². The number of fused-ring (bicyclic) bond motifs is 1. The van der Waals surface area contributed by atoms with Gasteiger partial charge >= 0.3 is 0 Å². The summed E-state index contributed by atoms with van der Waals surface area (Å²) in [6, 6.07) is 8.23. The molecule has 2 atom stereocenters. The molecular weight excluding hydrogens is 456 g/mol. The minimum absolute atomic E-state index is 0.0327. The number of aromatic nitrogens is 5. The molecule has 0 bridgehead atoms. The van der Waals surface area contributed by atoms with Gasteiger partial charge in [0.1, 0.15) is 29.9 Å². The topological polar surface area (TPSA) is 68.8 Å². The van der Waals surface area contributed by atoms with Crippen LogP contribution in [0.25, 0.3) is 10.9 Å². The van der Waals surface area contributed by atoms with E-state index in [-0.39, 0.29) is 12.1 Å². The van der Waals surface area contributed by atoms with E-state index in [4.69, 9.17) is 0 Å². The Kier molecular flexibility index (Phi) is 5.42. The van der Waals surface area contributed by atoms with E-state index in [0.29, 0.717) is 6.42 Å². The van der Waals surface area contributed by atoms with Crippen LogP contribution in [0.1, 0.15) is 31.1 Å². The summed E-state index contributed by atoms with van der Waals surface area (Å²) in [5.41, 5.74) is -0.132. The van der Waals surface area contributed by atoms with Crippen LogP contribution in [-0.4, -0.2) is 29.7 Å². The normalized spacial score (nSPS) is 14.7. The summed E-state index contributed by atoms with van der Waals surface area (Å²) in [6.45, 7) is 3.68. The highest BCUT2D eigenvalue weighted by Crippen LogP contribution is 2.38. The van der Waals surface area contributed by atoms with E-state index < -0.39 is 23.3 Å². The van der Waals surface area contributed by atoms with E-state index in [0.717, 1.165) is 33.2 Å². The molecule has 30 heavy (non-hydrogen) atoms. The Labute approximate surface area is 180 Å². The van der Waals surface area contributed by atoms with E-state index in [1.165, 1.54) is 23.4 Å². The predicted octanol–water partition coefficient (Wildman–Crippen LogP) is 4.38. The summed E-state index contributed by atoms with van der Waals surface area (Å²) >= 11 is 3.48. The van der Waals surface area contributed by atoms with E-state index in [1.54, 1.807) is 11.6 Å². The van der Waals surface area contributed by atoms with Crippen LogP contribution < -0.4 is 0 Å². The first-order valence-corrected chi connectivity index (χ1v) is 10.3. The summed E-state index contributed by atoms with van der Waals surface area (Å²) in [6.07, 6.45) is 3.43. The van der Waals surface area contributed by atoms with Crippen LogP contribution in [0.5, 0.6) is 0 Å². The molecule has 0 fully saturated rings. The molecule has 0 aliphatic rings. The number of benzene rings is 2. The molecule has 0 radical (unpaired) electrons. The zero-order chi connectivity index (χ0) is 21.5. The second kappa shape index (κ2) is 7.88. The predicted molar refractivity (Wildman–Crippen MR) is 112 cm³/mol. The monoisotopic (exact) mass is 475 g/mol. The van der Waals surface area contributed by atoms with Crippen molar-refractivity contribution in [3.63, 3.8) is 0 Å². The molecule has 9 heteroatoms. The third kappa shape index (κ3) is 3.52. The molecule has 0 aliphatic heterocycles. The zero-order valence-corrected chi connectivity index (χ0v) is 18.0. The molecule has 0 saturated carbocycles. The van der Waals surface area contributed by atoms with Gasteiger partial charge in [-0.15, -0.1) is 0 Å². The summed E-state index contributed by atoms with van der Waals surface area (Å²) < 4.78 is 32.4. The largest absolute Gasteiger partial charge is 0.381 e. The Bertz CT molecular complexity index is 1190.